The molecule has 5 nitrogen and oxygen atoms in total. The van der Waals surface area contributed by atoms with Crippen molar-refractivity contribution in [1.82, 2.24) is 5.32 Å². The summed E-state index contributed by atoms with van der Waals surface area (Å²) in [7, 11) is 1.62. The second-order valence-electron chi connectivity index (χ2n) is 6.90. The highest BCUT2D eigenvalue weighted by atomic mass is 16.5. The fourth-order valence-corrected chi connectivity index (χ4v) is 3.48. The van der Waals surface area contributed by atoms with Crippen LogP contribution in [0.25, 0.3) is 0 Å². The van der Waals surface area contributed by atoms with Gasteiger partial charge in [-0.3, -0.25) is 9.59 Å². The molecule has 0 saturated carbocycles. The maximum atomic E-state index is 12.7. The van der Waals surface area contributed by atoms with E-state index in [1.807, 2.05) is 55.5 Å². The number of carbonyl (C=O) groups is 2. The smallest absolute Gasteiger partial charge is 0.227 e. The lowest BCUT2D eigenvalue weighted by molar-refractivity contribution is -0.126. The molecule has 1 saturated heterocycles. The van der Waals surface area contributed by atoms with Crippen LogP contribution < -0.4 is 15.0 Å². The molecule has 1 aliphatic heterocycles. The molecule has 142 valence electrons. The largest absolute Gasteiger partial charge is 0.496 e. The van der Waals surface area contributed by atoms with Gasteiger partial charge in [0.15, 0.2) is 0 Å². The number of rotatable bonds is 6. The summed E-state index contributed by atoms with van der Waals surface area (Å²) in [6, 6.07) is 15.4. The number of ether oxygens (including phenoxy) is 1. The van der Waals surface area contributed by atoms with Crippen LogP contribution in [0.3, 0.4) is 0 Å². The summed E-state index contributed by atoms with van der Waals surface area (Å²) in [6.07, 6.45) is 1.19. The number of methoxy groups -OCH3 is 1. The van der Waals surface area contributed by atoms with E-state index in [4.69, 9.17) is 4.74 Å². The van der Waals surface area contributed by atoms with Crippen molar-refractivity contribution in [2.75, 3.05) is 18.6 Å². The quantitative estimate of drug-likeness (QED) is 0.851. The highest BCUT2D eigenvalue weighted by molar-refractivity contribution is 6.00. The standard InChI is InChI=1S/C22H26N2O3/c1-4-16-9-11-18(12-10-16)24-14-17(13-21(24)25)22(26)23-15(2)19-7-5-6-8-20(19)27-3/h5-12,15,17H,4,13-14H2,1-3H3,(H,23,26). The summed E-state index contributed by atoms with van der Waals surface area (Å²) in [5.41, 5.74) is 3.00. The number of amides is 2. The molecule has 27 heavy (non-hydrogen) atoms. The summed E-state index contributed by atoms with van der Waals surface area (Å²) in [5, 5.41) is 3.03. The molecule has 0 radical (unpaired) electrons. The highest BCUT2D eigenvalue weighted by Crippen LogP contribution is 2.28. The minimum Gasteiger partial charge on any atom is -0.496 e. The third kappa shape index (κ3) is 4.13. The Balaban J connectivity index is 1.66. The van der Waals surface area contributed by atoms with Gasteiger partial charge in [-0.15, -0.1) is 0 Å². The average molecular weight is 366 g/mol. The van der Waals surface area contributed by atoms with E-state index in [0.29, 0.717) is 6.54 Å². The maximum Gasteiger partial charge on any atom is 0.227 e. The van der Waals surface area contributed by atoms with E-state index < -0.39 is 0 Å². The van der Waals surface area contributed by atoms with E-state index in [2.05, 4.69) is 12.2 Å². The summed E-state index contributed by atoms with van der Waals surface area (Å²) in [5.74, 6) is 0.282. The van der Waals surface area contributed by atoms with Gasteiger partial charge >= 0.3 is 0 Å². The number of benzene rings is 2. The second kappa shape index (κ2) is 8.25. The summed E-state index contributed by atoms with van der Waals surface area (Å²) >= 11 is 0. The first kappa shape index (κ1) is 19.0. The van der Waals surface area contributed by atoms with Gasteiger partial charge in [-0.2, -0.15) is 0 Å². The number of hydrogen-bond donors (Lipinski definition) is 1. The van der Waals surface area contributed by atoms with Crippen molar-refractivity contribution in [1.29, 1.82) is 0 Å². The molecule has 1 fully saturated rings. The molecule has 0 bridgehead atoms. The van der Waals surface area contributed by atoms with Crippen LogP contribution >= 0.6 is 0 Å². The molecular weight excluding hydrogens is 340 g/mol. The van der Waals surface area contributed by atoms with Crippen molar-refractivity contribution in [2.24, 2.45) is 5.92 Å². The first-order chi connectivity index (χ1) is 13.0. The Hall–Kier alpha value is -2.82. The summed E-state index contributed by atoms with van der Waals surface area (Å²) in [6.45, 7) is 4.43. The van der Waals surface area contributed by atoms with Gasteiger partial charge in [0.05, 0.1) is 19.1 Å². The molecule has 3 rings (SSSR count). The van der Waals surface area contributed by atoms with E-state index in [1.54, 1.807) is 12.0 Å². The summed E-state index contributed by atoms with van der Waals surface area (Å²) in [4.78, 5) is 26.9. The molecule has 0 aromatic heterocycles. The molecule has 2 unspecified atom stereocenters. The van der Waals surface area contributed by atoms with Gasteiger partial charge in [-0.05, 0) is 37.1 Å². The fourth-order valence-electron chi connectivity index (χ4n) is 3.48. The Kier molecular flexibility index (Phi) is 5.79. The van der Waals surface area contributed by atoms with Crippen LogP contribution in [0.5, 0.6) is 5.75 Å². The van der Waals surface area contributed by atoms with Gasteiger partial charge in [0.1, 0.15) is 5.75 Å². The lowest BCUT2D eigenvalue weighted by Crippen LogP contribution is -2.34. The number of nitrogens with one attached hydrogen (secondary N) is 1. The van der Waals surface area contributed by atoms with Gasteiger partial charge in [0.2, 0.25) is 11.8 Å². The van der Waals surface area contributed by atoms with Crippen molar-refractivity contribution in [3.05, 3.63) is 59.7 Å². The predicted octanol–water partition coefficient (Wildman–Crippen LogP) is 3.49. The first-order valence-corrected chi connectivity index (χ1v) is 9.36. The predicted molar refractivity (Wildman–Crippen MR) is 106 cm³/mol. The van der Waals surface area contributed by atoms with Gasteiger partial charge < -0.3 is 15.0 Å². The minimum atomic E-state index is -0.347. The molecule has 0 spiro atoms. The third-order valence-electron chi connectivity index (χ3n) is 5.12. The lowest BCUT2D eigenvalue weighted by Gasteiger charge is -2.20. The van der Waals surface area contributed by atoms with Crippen LogP contribution in [0, 0.1) is 5.92 Å². The molecule has 1 heterocycles. The zero-order valence-corrected chi connectivity index (χ0v) is 16.1. The number of nitrogens with zero attached hydrogens (tertiary/aromatic N) is 1. The van der Waals surface area contributed by atoms with Gasteiger partial charge in [-0.25, -0.2) is 0 Å². The Bertz CT molecular complexity index is 817. The zero-order valence-electron chi connectivity index (χ0n) is 16.1. The van der Waals surface area contributed by atoms with Crippen LogP contribution in [0.4, 0.5) is 5.69 Å². The monoisotopic (exact) mass is 366 g/mol. The Morgan fingerprint density at radius 3 is 2.59 bits per heavy atom. The molecule has 2 amide bonds. The Labute approximate surface area is 160 Å². The zero-order chi connectivity index (χ0) is 19.4. The number of para-hydroxylation sites is 1. The van der Waals surface area contributed by atoms with Crippen molar-refractivity contribution in [2.45, 2.75) is 32.7 Å². The topological polar surface area (TPSA) is 58.6 Å². The fraction of sp³-hybridized carbons (Fsp3) is 0.364. The average Bonchev–Trinajstić information content (AvgIpc) is 3.09. The molecule has 1 aliphatic rings. The van der Waals surface area contributed by atoms with Gasteiger partial charge in [0.25, 0.3) is 0 Å². The Morgan fingerprint density at radius 1 is 1.22 bits per heavy atom. The Morgan fingerprint density at radius 2 is 1.93 bits per heavy atom. The van der Waals surface area contributed by atoms with Gasteiger partial charge in [0, 0.05) is 24.2 Å². The molecular formula is C22H26N2O3. The number of hydrogen-bond acceptors (Lipinski definition) is 3. The van der Waals surface area contributed by atoms with Crippen LogP contribution in [0.2, 0.25) is 0 Å². The third-order valence-corrected chi connectivity index (χ3v) is 5.12. The highest BCUT2D eigenvalue weighted by Gasteiger charge is 2.35. The molecule has 1 N–H and O–H groups in total. The molecule has 2 aromatic rings. The second-order valence-corrected chi connectivity index (χ2v) is 6.90. The van der Waals surface area contributed by atoms with Crippen molar-refractivity contribution in [3.8, 4) is 5.75 Å². The molecule has 5 heteroatoms. The van der Waals surface area contributed by atoms with Crippen LogP contribution in [-0.2, 0) is 16.0 Å². The SMILES string of the molecule is CCc1ccc(N2CC(C(=O)NC(C)c3ccccc3OC)CC2=O)cc1. The first-order valence-electron chi connectivity index (χ1n) is 9.36. The number of aryl methyl sites for hydroxylation is 1. The van der Waals surface area contributed by atoms with Crippen LogP contribution in [-0.4, -0.2) is 25.5 Å². The molecule has 0 aliphatic carbocycles. The van der Waals surface area contributed by atoms with E-state index >= 15 is 0 Å². The molecule has 2 aromatic carbocycles. The van der Waals surface area contributed by atoms with E-state index in [9.17, 15) is 9.59 Å². The van der Waals surface area contributed by atoms with Crippen molar-refractivity contribution >= 4 is 17.5 Å². The number of carbonyl (C=O) groups excluding carboxylic acids is 2. The van der Waals surface area contributed by atoms with Crippen LogP contribution in [0.1, 0.15) is 37.4 Å². The summed E-state index contributed by atoms with van der Waals surface area (Å²) < 4.78 is 5.37. The van der Waals surface area contributed by atoms with Crippen molar-refractivity contribution < 1.29 is 14.3 Å². The van der Waals surface area contributed by atoms with Crippen LogP contribution in [0.15, 0.2) is 48.5 Å². The van der Waals surface area contributed by atoms with E-state index in [0.717, 1.165) is 23.4 Å². The van der Waals surface area contributed by atoms with E-state index in [-0.39, 0.29) is 30.2 Å². The lowest BCUT2D eigenvalue weighted by atomic mass is 10.0. The van der Waals surface area contributed by atoms with E-state index in [1.165, 1.54) is 5.56 Å². The maximum absolute atomic E-state index is 12.7. The van der Waals surface area contributed by atoms with Crippen molar-refractivity contribution in [3.63, 3.8) is 0 Å². The normalized spacial score (nSPS) is 17.7. The minimum absolute atomic E-state index is 0.00987. The number of anilines is 1. The molecule has 2 atom stereocenters. The van der Waals surface area contributed by atoms with Gasteiger partial charge in [-0.1, -0.05) is 37.3 Å².